The zero-order valence-corrected chi connectivity index (χ0v) is 13.3. The molecule has 3 aromatic rings. The minimum Gasteiger partial charge on any atom is -0.309 e. The van der Waals surface area contributed by atoms with Crippen LogP contribution in [0.5, 0.6) is 0 Å². The van der Waals surface area contributed by atoms with Crippen molar-refractivity contribution in [3.05, 3.63) is 81.5 Å². The first kappa shape index (κ1) is 14.3. The smallest absolute Gasteiger partial charge is 0.0683 e. The molecule has 0 radical (unpaired) electrons. The summed E-state index contributed by atoms with van der Waals surface area (Å²) in [7, 11) is 1.96. The molecule has 3 rings (SSSR count). The Hall–Kier alpha value is -1.61. The minimum absolute atomic E-state index is 0.141. The van der Waals surface area contributed by atoms with Crippen molar-refractivity contribution in [3.8, 4) is 11.1 Å². The van der Waals surface area contributed by atoms with Gasteiger partial charge < -0.3 is 5.32 Å². The third-order valence-electron chi connectivity index (χ3n) is 3.55. The number of halogens is 1. The Morgan fingerprint density at radius 1 is 0.905 bits per heavy atom. The van der Waals surface area contributed by atoms with Crippen LogP contribution in [-0.4, -0.2) is 7.05 Å². The van der Waals surface area contributed by atoms with E-state index >= 15 is 0 Å². The van der Waals surface area contributed by atoms with Crippen molar-refractivity contribution >= 4 is 22.9 Å². The topological polar surface area (TPSA) is 12.0 Å². The van der Waals surface area contributed by atoms with Crippen LogP contribution in [0.1, 0.15) is 16.5 Å². The lowest BCUT2D eigenvalue weighted by molar-refractivity contribution is 0.704. The molecular weight excluding hydrogens is 298 g/mol. The number of benzene rings is 2. The molecule has 1 atom stereocenters. The highest BCUT2D eigenvalue weighted by Gasteiger charge is 2.16. The van der Waals surface area contributed by atoms with Gasteiger partial charge in [0.15, 0.2) is 0 Å². The third kappa shape index (κ3) is 3.03. The Morgan fingerprint density at radius 2 is 1.57 bits per heavy atom. The first-order chi connectivity index (χ1) is 10.3. The summed E-state index contributed by atoms with van der Waals surface area (Å²) in [4.78, 5) is 1.16. The molecule has 106 valence electrons. The van der Waals surface area contributed by atoms with Gasteiger partial charge in [0.05, 0.1) is 11.1 Å². The molecule has 1 heterocycles. The lowest BCUT2D eigenvalue weighted by atomic mass is 10.00. The Kier molecular flexibility index (Phi) is 4.39. The second-order valence-corrected chi connectivity index (χ2v) is 6.20. The average molecular weight is 314 g/mol. The summed E-state index contributed by atoms with van der Waals surface area (Å²) < 4.78 is 0. The van der Waals surface area contributed by atoms with Gasteiger partial charge in [0.2, 0.25) is 0 Å². The van der Waals surface area contributed by atoms with Gasteiger partial charge in [0.1, 0.15) is 0 Å². The van der Waals surface area contributed by atoms with Gasteiger partial charge >= 0.3 is 0 Å². The van der Waals surface area contributed by atoms with E-state index in [0.717, 1.165) is 9.90 Å². The predicted molar refractivity (Wildman–Crippen MR) is 92.1 cm³/mol. The normalized spacial score (nSPS) is 12.3. The molecule has 1 aromatic heterocycles. The molecular formula is C18H16ClNS. The summed E-state index contributed by atoms with van der Waals surface area (Å²) in [5.74, 6) is 0. The molecule has 0 aliphatic heterocycles. The molecule has 0 fully saturated rings. The van der Waals surface area contributed by atoms with Gasteiger partial charge in [-0.1, -0.05) is 66.2 Å². The molecule has 0 bridgehead atoms. The molecule has 1 nitrogen and oxygen atoms in total. The van der Waals surface area contributed by atoms with Crippen LogP contribution in [0.15, 0.2) is 66.0 Å². The fourth-order valence-electron chi connectivity index (χ4n) is 2.46. The molecule has 0 spiro atoms. The highest BCUT2D eigenvalue weighted by atomic mass is 35.5. The van der Waals surface area contributed by atoms with Crippen LogP contribution in [0.25, 0.3) is 11.1 Å². The number of hydrogen-bond donors (Lipinski definition) is 1. The molecule has 0 amide bonds. The molecule has 0 saturated carbocycles. The predicted octanol–water partition coefficient (Wildman–Crippen LogP) is 5.38. The van der Waals surface area contributed by atoms with Gasteiger partial charge in [-0.25, -0.2) is 0 Å². The molecule has 0 aliphatic rings. The van der Waals surface area contributed by atoms with E-state index in [9.17, 15) is 0 Å². The maximum absolute atomic E-state index is 6.26. The molecule has 0 saturated heterocycles. The summed E-state index contributed by atoms with van der Waals surface area (Å²) in [5.41, 5.74) is 3.69. The highest BCUT2D eigenvalue weighted by Crippen LogP contribution is 2.33. The van der Waals surface area contributed by atoms with Gasteiger partial charge in [-0.2, -0.15) is 0 Å². The lowest BCUT2D eigenvalue weighted by Crippen LogP contribution is -2.16. The van der Waals surface area contributed by atoms with Crippen molar-refractivity contribution in [2.75, 3.05) is 7.05 Å². The number of hydrogen-bond acceptors (Lipinski definition) is 2. The lowest BCUT2D eigenvalue weighted by Gasteiger charge is -2.16. The van der Waals surface area contributed by atoms with E-state index in [4.69, 9.17) is 11.6 Å². The van der Waals surface area contributed by atoms with Crippen LogP contribution in [0.4, 0.5) is 0 Å². The van der Waals surface area contributed by atoms with Gasteiger partial charge in [-0.3, -0.25) is 0 Å². The van der Waals surface area contributed by atoms with E-state index in [2.05, 4.69) is 53.8 Å². The maximum Gasteiger partial charge on any atom is 0.0683 e. The number of thiophene rings is 1. The molecule has 2 aromatic carbocycles. The van der Waals surface area contributed by atoms with Crippen LogP contribution < -0.4 is 5.32 Å². The van der Waals surface area contributed by atoms with Gasteiger partial charge in [0.25, 0.3) is 0 Å². The van der Waals surface area contributed by atoms with Gasteiger partial charge in [-0.15, -0.1) is 11.3 Å². The molecule has 3 heteroatoms. The molecule has 0 aliphatic carbocycles. The SMILES string of the molecule is CNC(c1ccc(-c2ccccc2)cc1)c1sccc1Cl. The first-order valence-electron chi connectivity index (χ1n) is 6.85. The number of nitrogens with one attached hydrogen (secondary N) is 1. The Bertz CT molecular complexity index is 704. The van der Waals surface area contributed by atoms with Crippen molar-refractivity contribution in [1.82, 2.24) is 5.32 Å². The van der Waals surface area contributed by atoms with Crippen molar-refractivity contribution in [2.45, 2.75) is 6.04 Å². The van der Waals surface area contributed by atoms with Crippen molar-refractivity contribution in [2.24, 2.45) is 0 Å². The number of rotatable bonds is 4. The van der Waals surface area contributed by atoms with E-state index in [-0.39, 0.29) is 6.04 Å². The monoisotopic (exact) mass is 313 g/mol. The van der Waals surface area contributed by atoms with Crippen molar-refractivity contribution in [1.29, 1.82) is 0 Å². The fraction of sp³-hybridized carbons (Fsp3) is 0.111. The van der Waals surface area contributed by atoms with E-state index < -0.39 is 0 Å². The standard InChI is InChI=1S/C18H16ClNS/c1-20-17(18-16(19)11-12-21-18)15-9-7-14(8-10-15)13-5-3-2-4-6-13/h2-12,17,20H,1H3. The van der Waals surface area contributed by atoms with E-state index in [1.54, 1.807) is 11.3 Å². The first-order valence-corrected chi connectivity index (χ1v) is 8.11. The van der Waals surface area contributed by atoms with Crippen LogP contribution in [-0.2, 0) is 0 Å². The van der Waals surface area contributed by atoms with Crippen molar-refractivity contribution in [3.63, 3.8) is 0 Å². The second kappa shape index (κ2) is 6.44. The summed E-state index contributed by atoms with van der Waals surface area (Å²) >= 11 is 7.94. The molecule has 1 N–H and O–H groups in total. The summed E-state index contributed by atoms with van der Waals surface area (Å²) in [6, 6.07) is 21.2. The average Bonchev–Trinajstić information content (AvgIpc) is 2.96. The minimum atomic E-state index is 0.141. The second-order valence-electron chi connectivity index (χ2n) is 4.84. The van der Waals surface area contributed by atoms with Crippen LogP contribution >= 0.6 is 22.9 Å². The maximum atomic E-state index is 6.26. The van der Waals surface area contributed by atoms with Crippen LogP contribution in [0, 0.1) is 0 Å². The highest BCUT2D eigenvalue weighted by molar-refractivity contribution is 7.10. The Labute approximate surface area is 134 Å². The van der Waals surface area contributed by atoms with Crippen LogP contribution in [0.2, 0.25) is 5.02 Å². The Morgan fingerprint density at radius 3 is 2.14 bits per heavy atom. The fourth-order valence-corrected chi connectivity index (χ4v) is 3.76. The largest absolute Gasteiger partial charge is 0.309 e. The summed E-state index contributed by atoms with van der Waals surface area (Å²) in [6.07, 6.45) is 0. The summed E-state index contributed by atoms with van der Waals surface area (Å²) in [5, 5.41) is 6.20. The zero-order chi connectivity index (χ0) is 14.7. The van der Waals surface area contributed by atoms with Gasteiger partial charge in [-0.05, 0) is 35.2 Å². The quantitative estimate of drug-likeness (QED) is 0.682. The van der Waals surface area contributed by atoms with E-state index in [1.165, 1.54) is 16.7 Å². The molecule has 21 heavy (non-hydrogen) atoms. The van der Waals surface area contributed by atoms with Crippen molar-refractivity contribution < 1.29 is 0 Å². The third-order valence-corrected chi connectivity index (χ3v) is 4.97. The summed E-state index contributed by atoms with van der Waals surface area (Å²) in [6.45, 7) is 0. The Balaban J connectivity index is 1.91. The zero-order valence-electron chi connectivity index (χ0n) is 11.7. The van der Waals surface area contributed by atoms with Gasteiger partial charge in [0, 0.05) is 4.88 Å². The van der Waals surface area contributed by atoms with E-state index in [1.807, 2.05) is 24.6 Å². The van der Waals surface area contributed by atoms with E-state index in [0.29, 0.717) is 0 Å². The van der Waals surface area contributed by atoms with Crippen LogP contribution in [0.3, 0.4) is 0 Å². The molecule has 1 unspecified atom stereocenters.